The van der Waals surface area contributed by atoms with Gasteiger partial charge < -0.3 is 15.0 Å². The summed E-state index contributed by atoms with van der Waals surface area (Å²) in [6.07, 6.45) is 4.77. The summed E-state index contributed by atoms with van der Waals surface area (Å²) in [6, 6.07) is 11.1. The van der Waals surface area contributed by atoms with Gasteiger partial charge in [-0.3, -0.25) is 0 Å². The molecule has 0 bridgehead atoms. The molecule has 0 aliphatic carbocycles. The second-order valence-corrected chi connectivity index (χ2v) is 8.07. The highest BCUT2D eigenvalue weighted by Crippen LogP contribution is 2.39. The van der Waals surface area contributed by atoms with E-state index in [1.165, 1.54) is 24.8 Å². The molecule has 0 radical (unpaired) electrons. The van der Waals surface area contributed by atoms with Gasteiger partial charge >= 0.3 is 0 Å². The van der Waals surface area contributed by atoms with E-state index in [4.69, 9.17) is 4.74 Å². The molecule has 0 aromatic heterocycles. The van der Waals surface area contributed by atoms with Crippen LogP contribution in [0.3, 0.4) is 0 Å². The second kappa shape index (κ2) is 9.55. The van der Waals surface area contributed by atoms with Crippen molar-refractivity contribution in [1.82, 2.24) is 10.2 Å². The van der Waals surface area contributed by atoms with E-state index in [-0.39, 0.29) is 5.60 Å². The fraction of sp³-hybridized carbons (Fsp3) is 0.714. The van der Waals surface area contributed by atoms with Gasteiger partial charge in [-0.2, -0.15) is 0 Å². The molecule has 3 heteroatoms. The van der Waals surface area contributed by atoms with Gasteiger partial charge in [-0.05, 0) is 90.7 Å². The first-order valence-electron chi connectivity index (χ1n) is 9.52. The third-order valence-electron chi connectivity index (χ3n) is 5.12. The Morgan fingerprint density at radius 1 is 1.21 bits per heavy atom. The molecule has 0 saturated carbocycles. The van der Waals surface area contributed by atoms with Crippen LogP contribution >= 0.6 is 0 Å². The molecule has 0 amide bonds. The van der Waals surface area contributed by atoms with Crippen LogP contribution in [-0.4, -0.2) is 50.8 Å². The Morgan fingerprint density at radius 3 is 2.62 bits per heavy atom. The largest absolute Gasteiger partial charge is 0.376 e. The third-order valence-corrected chi connectivity index (χ3v) is 5.12. The van der Waals surface area contributed by atoms with E-state index < -0.39 is 0 Å². The zero-order chi connectivity index (χ0) is 17.4. The van der Waals surface area contributed by atoms with Gasteiger partial charge in [0.15, 0.2) is 0 Å². The number of nitrogens with zero attached hydrogens (tertiary/aromatic N) is 1. The summed E-state index contributed by atoms with van der Waals surface area (Å²) in [5.74, 6) is 1.36. The lowest BCUT2D eigenvalue weighted by atomic mass is 9.75. The predicted octanol–water partition coefficient (Wildman–Crippen LogP) is 3.91. The van der Waals surface area contributed by atoms with Gasteiger partial charge in [-0.25, -0.2) is 0 Å². The van der Waals surface area contributed by atoms with E-state index in [1.54, 1.807) is 0 Å². The Kier molecular flexibility index (Phi) is 7.73. The minimum atomic E-state index is 0.0229. The van der Waals surface area contributed by atoms with E-state index in [0.717, 1.165) is 38.6 Å². The van der Waals surface area contributed by atoms with E-state index in [1.807, 2.05) is 0 Å². The van der Waals surface area contributed by atoms with Gasteiger partial charge in [0.05, 0.1) is 5.60 Å². The predicted molar refractivity (Wildman–Crippen MR) is 103 cm³/mol. The standard InChI is InChI=1S/C21H36N2O/c1-21(2)17-19(12-16-24-21)20(18-9-6-5-7-10-18)11-14-22-13-8-15-23(3)4/h5-7,9-10,19-20,22H,8,11-17H2,1-4H3/t19-,20+/m0/s1. The van der Waals surface area contributed by atoms with Crippen LogP contribution in [0.15, 0.2) is 30.3 Å². The average Bonchev–Trinajstić information content (AvgIpc) is 2.53. The maximum atomic E-state index is 5.94. The molecule has 1 N–H and O–H groups in total. The molecule has 2 rings (SSSR count). The molecule has 1 aliphatic rings. The normalized spacial score (nSPS) is 21.8. The molecule has 1 heterocycles. The highest BCUT2D eigenvalue weighted by molar-refractivity contribution is 5.20. The van der Waals surface area contributed by atoms with Crippen molar-refractivity contribution in [3.8, 4) is 0 Å². The average molecular weight is 333 g/mol. The van der Waals surface area contributed by atoms with Crippen LogP contribution in [-0.2, 0) is 4.74 Å². The number of nitrogens with one attached hydrogen (secondary N) is 1. The summed E-state index contributed by atoms with van der Waals surface area (Å²) in [7, 11) is 4.27. The first-order valence-corrected chi connectivity index (χ1v) is 9.52. The first-order chi connectivity index (χ1) is 11.5. The Hall–Kier alpha value is -0.900. The fourth-order valence-electron chi connectivity index (χ4n) is 3.90. The minimum Gasteiger partial charge on any atom is -0.376 e. The molecule has 1 aromatic carbocycles. The van der Waals surface area contributed by atoms with Gasteiger partial charge in [-0.15, -0.1) is 0 Å². The summed E-state index contributed by atoms with van der Waals surface area (Å²) in [6.45, 7) is 8.74. The van der Waals surface area contributed by atoms with Crippen LogP contribution < -0.4 is 5.32 Å². The molecule has 0 unspecified atom stereocenters. The molecule has 1 aromatic rings. The third kappa shape index (κ3) is 6.54. The molecule has 1 aliphatic heterocycles. The van der Waals surface area contributed by atoms with Gasteiger partial charge in [0.2, 0.25) is 0 Å². The molecule has 136 valence electrons. The smallest absolute Gasteiger partial charge is 0.0629 e. The summed E-state index contributed by atoms with van der Waals surface area (Å²) in [5.41, 5.74) is 1.52. The van der Waals surface area contributed by atoms with Crippen molar-refractivity contribution >= 4 is 0 Å². The van der Waals surface area contributed by atoms with Crippen molar-refractivity contribution in [2.75, 3.05) is 40.3 Å². The maximum Gasteiger partial charge on any atom is 0.0629 e. The van der Waals surface area contributed by atoms with Crippen molar-refractivity contribution in [2.45, 2.75) is 51.0 Å². The molecule has 24 heavy (non-hydrogen) atoms. The number of benzene rings is 1. The Morgan fingerprint density at radius 2 is 1.96 bits per heavy atom. The second-order valence-electron chi connectivity index (χ2n) is 8.07. The number of ether oxygens (including phenoxy) is 1. The highest BCUT2D eigenvalue weighted by Gasteiger charge is 2.33. The molecular weight excluding hydrogens is 296 g/mol. The lowest BCUT2D eigenvalue weighted by Crippen LogP contribution is -2.37. The number of rotatable bonds is 9. The molecule has 1 saturated heterocycles. The van der Waals surface area contributed by atoms with Crippen LogP contribution in [0.4, 0.5) is 0 Å². The molecule has 2 atom stereocenters. The Labute approximate surface area is 148 Å². The topological polar surface area (TPSA) is 24.5 Å². The van der Waals surface area contributed by atoms with Gasteiger partial charge in [0.25, 0.3) is 0 Å². The van der Waals surface area contributed by atoms with E-state index >= 15 is 0 Å². The SMILES string of the molecule is CN(C)CCCNCC[C@H](c1ccccc1)[C@H]1CCOC(C)(C)C1. The van der Waals surface area contributed by atoms with Crippen LogP contribution in [0.25, 0.3) is 0 Å². The maximum absolute atomic E-state index is 5.94. The molecule has 0 spiro atoms. The van der Waals surface area contributed by atoms with Crippen molar-refractivity contribution < 1.29 is 4.74 Å². The Balaban J connectivity index is 1.89. The van der Waals surface area contributed by atoms with Crippen molar-refractivity contribution in [3.05, 3.63) is 35.9 Å². The monoisotopic (exact) mass is 332 g/mol. The highest BCUT2D eigenvalue weighted by atomic mass is 16.5. The molecular formula is C21H36N2O. The lowest BCUT2D eigenvalue weighted by molar-refractivity contribution is -0.0771. The van der Waals surface area contributed by atoms with E-state index in [0.29, 0.717) is 5.92 Å². The van der Waals surface area contributed by atoms with Crippen LogP contribution in [0, 0.1) is 5.92 Å². The number of hydrogen-bond donors (Lipinski definition) is 1. The van der Waals surface area contributed by atoms with Gasteiger partial charge in [-0.1, -0.05) is 30.3 Å². The van der Waals surface area contributed by atoms with E-state index in [2.05, 4.69) is 68.5 Å². The van der Waals surface area contributed by atoms with Crippen LogP contribution in [0.1, 0.15) is 51.0 Å². The summed E-state index contributed by atoms with van der Waals surface area (Å²) < 4.78 is 5.94. The lowest BCUT2D eigenvalue weighted by Gasteiger charge is -2.39. The van der Waals surface area contributed by atoms with Gasteiger partial charge in [0.1, 0.15) is 0 Å². The van der Waals surface area contributed by atoms with Crippen LogP contribution in [0.5, 0.6) is 0 Å². The zero-order valence-electron chi connectivity index (χ0n) is 16.1. The van der Waals surface area contributed by atoms with Crippen molar-refractivity contribution in [1.29, 1.82) is 0 Å². The molecule has 3 nitrogen and oxygen atoms in total. The van der Waals surface area contributed by atoms with E-state index in [9.17, 15) is 0 Å². The van der Waals surface area contributed by atoms with Gasteiger partial charge in [0, 0.05) is 6.61 Å². The van der Waals surface area contributed by atoms with Crippen molar-refractivity contribution in [2.24, 2.45) is 5.92 Å². The fourth-order valence-corrected chi connectivity index (χ4v) is 3.90. The zero-order valence-corrected chi connectivity index (χ0v) is 16.1. The molecule has 1 fully saturated rings. The first kappa shape index (κ1) is 19.4. The number of hydrogen-bond acceptors (Lipinski definition) is 3. The minimum absolute atomic E-state index is 0.0229. The quantitative estimate of drug-likeness (QED) is 0.694. The Bertz CT molecular complexity index is 458. The summed E-state index contributed by atoms with van der Waals surface area (Å²) >= 11 is 0. The summed E-state index contributed by atoms with van der Waals surface area (Å²) in [5, 5.41) is 3.64. The summed E-state index contributed by atoms with van der Waals surface area (Å²) in [4.78, 5) is 2.25. The van der Waals surface area contributed by atoms with Crippen molar-refractivity contribution in [3.63, 3.8) is 0 Å². The van der Waals surface area contributed by atoms with Crippen LogP contribution in [0.2, 0.25) is 0 Å².